The second-order valence-corrected chi connectivity index (χ2v) is 5.75. The molecule has 0 aromatic rings. The van der Waals surface area contributed by atoms with E-state index < -0.39 is 11.4 Å². The van der Waals surface area contributed by atoms with Crippen molar-refractivity contribution in [1.29, 1.82) is 0 Å². The van der Waals surface area contributed by atoms with Gasteiger partial charge in [-0.25, -0.2) is 4.79 Å². The lowest BCUT2D eigenvalue weighted by molar-refractivity contribution is -0.141. The molecule has 7 nitrogen and oxygen atoms in total. The molecule has 0 aromatic heterocycles. The third-order valence-electron chi connectivity index (χ3n) is 3.32. The lowest BCUT2D eigenvalue weighted by Crippen LogP contribution is -2.51. The maximum atomic E-state index is 12.1. The summed E-state index contributed by atoms with van der Waals surface area (Å²) in [5.41, 5.74) is -0.567. The van der Waals surface area contributed by atoms with Gasteiger partial charge in [-0.15, -0.1) is 0 Å². The summed E-state index contributed by atoms with van der Waals surface area (Å²) in [4.78, 5) is 37.4. The number of carbonyl (C=O) groups excluding carboxylic acids is 2. The van der Waals surface area contributed by atoms with Gasteiger partial charge in [0.2, 0.25) is 5.91 Å². The van der Waals surface area contributed by atoms with Crippen LogP contribution in [0, 0.1) is 5.41 Å². The minimum Gasteiger partial charge on any atom is -0.481 e. The van der Waals surface area contributed by atoms with Gasteiger partial charge in [0, 0.05) is 32.6 Å². The number of aliphatic carboxylic acids is 1. The predicted molar refractivity (Wildman–Crippen MR) is 71.2 cm³/mol. The number of hydrogen-bond acceptors (Lipinski definition) is 4. The van der Waals surface area contributed by atoms with Crippen molar-refractivity contribution in [3.8, 4) is 0 Å². The summed E-state index contributed by atoms with van der Waals surface area (Å²) in [6.45, 7) is 5.33. The first-order valence-electron chi connectivity index (χ1n) is 6.57. The van der Waals surface area contributed by atoms with E-state index in [-0.39, 0.29) is 24.8 Å². The van der Waals surface area contributed by atoms with Crippen molar-refractivity contribution in [2.75, 3.05) is 33.3 Å². The number of piperazine rings is 1. The number of methoxy groups -OCH3 is 1. The SMILES string of the molecule is COC(=O)N1CCN(C(=O)CC(C)(C)CC(=O)O)CC1. The van der Waals surface area contributed by atoms with Crippen molar-refractivity contribution in [3.63, 3.8) is 0 Å². The molecule has 7 heteroatoms. The Morgan fingerprint density at radius 2 is 1.55 bits per heavy atom. The zero-order chi connectivity index (χ0) is 15.3. The van der Waals surface area contributed by atoms with E-state index in [1.807, 2.05) is 0 Å². The molecule has 0 spiro atoms. The molecule has 0 unspecified atom stereocenters. The Bertz CT molecular complexity index is 386. The van der Waals surface area contributed by atoms with Crippen LogP contribution in [0.2, 0.25) is 0 Å². The van der Waals surface area contributed by atoms with Crippen molar-refractivity contribution >= 4 is 18.0 Å². The summed E-state index contributed by atoms with van der Waals surface area (Å²) in [6, 6.07) is 0. The quantitative estimate of drug-likeness (QED) is 0.825. The van der Waals surface area contributed by atoms with E-state index in [9.17, 15) is 14.4 Å². The Hall–Kier alpha value is -1.79. The predicted octanol–water partition coefficient (Wildman–Crippen LogP) is 0.788. The smallest absolute Gasteiger partial charge is 0.409 e. The van der Waals surface area contributed by atoms with Crippen LogP contribution in [0.4, 0.5) is 4.79 Å². The van der Waals surface area contributed by atoms with Crippen LogP contribution in [0.3, 0.4) is 0 Å². The molecule has 114 valence electrons. The summed E-state index contributed by atoms with van der Waals surface area (Å²) in [7, 11) is 1.33. The van der Waals surface area contributed by atoms with Crippen LogP contribution < -0.4 is 0 Å². The van der Waals surface area contributed by atoms with Crippen molar-refractivity contribution in [2.24, 2.45) is 5.41 Å². The summed E-state index contributed by atoms with van der Waals surface area (Å²) < 4.78 is 4.63. The Morgan fingerprint density at radius 1 is 1.05 bits per heavy atom. The van der Waals surface area contributed by atoms with Gasteiger partial charge in [-0.1, -0.05) is 13.8 Å². The van der Waals surface area contributed by atoms with Gasteiger partial charge in [0.1, 0.15) is 0 Å². The Balaban J connectivity index is 2.47. The highest BCUT2D eigenvalue weighted by molar-refractivity contribution is 5.78. The molecule has 1 N–H and O–H groups in total. The zero-order valence-corrected chi connectivity index (χ0v) is 12.2. The fourth-order valence-corrected chi connectivity index (χ4v) is 2.26. The molecule has 1 saturated heterocycles. The number of carbonyl (C=O) groups is 3. The van der Waals surface area contributed by atoms with E-state index in [1.54, 1.807) is 23.6 Å². The third-order valence-corrected chi connectivity index (χ3v) is 3.32. The molecule has 0 atom stereocenters. The van der Waals surface area contributed by atoms with E-state index in [4.69, 9.17) is 5.11 Å². The van der Waals surface area contributed by atoms with E-state index in [0.29, 0.717) is 26.2 Å². The number of carboxylic acids is 1. The molecule has 1 aliphatic rings. The van der Waals surface area contributed by atoms with E-state index >= 15 is 0 Å². The van der Waals surface area contributed by atoms with Crippen LogP contribution >= 0.6 is 0 Å². The van der Waals surface area contributed by atoms with Crippen LogP contribution in [0.5, 0.6) is 0 Å². The number of amides is 2. The lowest BCUT2D eigenvalue weighted by Gasteiger charge is -2.35. The molecule has 2 amide bonds. The lowest BCUT2D eigenvalue weighted by atomic mass is 9.85. The maximum Gasteiger partial charge on any atom is 0.409 e. The molecule has 0 saturated carbocycles. The van der Waals surface area contributed by atoms with Crippen LogP contribution in [0.1, 0.15) is 26.7 Å². The van der Waals surface area contributed by atoms with Gasteiger partial charge in [0.15, 0.2) is 0 Å². The Morgan fingerprint density at radius 3 is 2.00 bits per heavy atom. The highest BCUT2D eigenvalue weighted by Gasteiger charge is 2.30. The number of carboxylic acid groups (broad SMARTS) is 1. The van der Waals surface area contributed by atoms with Crippen LogP contribution in [0.15, 0.2) is 0 Å². The number of ether oxygens (including phenoxy) is 1. The molecular formula is C13H22N2O5. The van der Waals surface area contributed by atoms with Gasteiger partial charge in [-0.3, -0.25) is 9.59 Å². The number of rotatable bonds is 4. The normalized spacial score (nSPS) is 15.9. The highest BCUT2D eigenvalue weighted by atomic mass is 16.5. The molecule has 0 aliphatic carbocycles. The molecule has 1 aliphatic heterocycles. The molecule has 20 heavy (non-hydrogen) atoms. The van der Waals surface area contributed by atoms with E-state index in [2.05, 4.69) is 4.74 Å². The molecule has 0 bridgehead atoms. The average molecular weight is 286 g/mol. The first-order chi connectivity index (χ1) is 9.25. The van der Waals surface area contributed by atoms with Crippen molar-refractivity contribution in [3.05, 3.63) is 0 Å². The maximum absolute atomic E-state index is 12.1. The second-order valence-electron chi connectivity index (χ2n) is 5.75. The molecule has 1 rings (SSSR count). The van der Waals surface area contributed by atoms with Gasteiger partial charge in [-0.05, 0) is 5.41 Å². The summed E-state index contributed by atoms with van der Waals surface area (Å²) in [6.07, 6.45) is -0.235. The van der Waals surface area contributed by atoms with Crippen molar-refractivity contribution in [1.82, 2.24) is 9.80 Å². The van der Waals surface area contributed by atoms with Gasteiger partial charge in [0.05, 0.1) is 13.5 Å². The number of nitrogens with zero attached hydrogens (tertiary/aromatic N) is 2. The summed E-state index contributed by atoms with van der Waals surface area (Å²) in [5, 5.41) is 8.81. The van der Waals surface area contributed by atoms with Crippen molar-refractivity contribution < 1.29 is 24.2 Å². The van der Waals surface area contributed by atoms with E-state index in [0.717, 1.165) is 0 Å². The van der Waals surface area contributed by atoms with Gasteiger partial charge < -0.3 is 19.6 Å². The summed E-state index contributed by atoms with van der Waals surface area (Å²) in [5.74, 6) is -0.973. The van der Waals surface area contributed by atoms with Gasteiger partial charge in [-0.2, -0.15) is 0 Å². The Labute approximate surface area is 118 Å². The minimum absolute atomic E-state index is 0.0408. The molecule has 1 heterocycles. The summed E-state index contributed by atoms with van der Waals surface area (Å²) >= 11 is 0. The van der Waals surface area contributed by atoms with Gasteiger partial charge >= 0.3 is 12.1 Å². The van der Waals surface area contributed by atoms with Crippen LogP contribution in [-0.2, 0) is 14.3 Å². The van der Waals surface area contributed by atoms with Gasteiger partial charge in [0.25, 0.3) is 0 Å². The first kappa shape index (κ1) is 16.3. The minimum atomic E-state index is -0.904. The fourth-order valence-electron chi connectivity index (χ4n) is 2.26. The standard InChI is InChI=1S/C13H22N2O5/c1-13(2,9-11(17)18)8-10(16)14-4-6-15(7-5-14)12(19)20-3/h4-9H2,1-3H3,(H,17,18). The molecule has 0 aromatic carbocycles. The zero-order valence-electron chi connectivity index (χ0n) is 12.2. The molecule has 0 radical (unpaired) electrons. The first-order valence-corrected chi connectivity index (χ1v) is 6.57. The monoisotopic (exact) mass is 286 g/mol. The van der Waals surface area contributed by atoms with Crippen LogP contribution in [-0.4, -0.2) is 66.2 Å². The van der Waals surface area contributed by atoms with Crippen molar-refractivity contribution in [2.45, 2.75) is 26.7 Å². The topological polar surface area (TPSA) is 87.2 Å². The fraction of sp³-hybridized carbons (Fsp3) is 0.769. The van der Waals surface area contributed by atoms with Crippen LogP contribution in [0.25, 0.3) is 0 Å². The molecule has 1 fully saturated rings. The Kier molecular flexibility index (Phi) is 5.35. The van der Waals surface area contributed by atoms with E-state index in [1.165, 1.54) is 7.11 Å². The average Bonchev–Trinajstić information content (AvgIpc) is 2.35. The molecular weight excluding hydrogens is 264 g/mol. The largest absolute Gasteiger partial charge is 0.481 e. The highest BCUT2D eigenvalue weighted by Crippen LogP contribution is 2.26. The number of hydrogen-bond donors (Lipinski definition) is 1. The second kappa shape index (κ2) is 6.58. The third kappa shape index (κ3) is 4.71.